The molecule has 7 heteroatoms. The fraction of sp³-hybridized carbons (Fsp3) is 0.217. The first-order valence-electron chi connectivity index (χ1n) is 9.85. The standard InChI is InChI=1S/C23H23N5O2/c1-26(2)14-7-15-27-21-12-11-18(28(29)30)16-19(21)22(17-8-4-3-5-9-17)25-20-10-6-13-24-23(20)27/h3-6,8-13,16H,7,14-15H2,1-2H3. The van der Waals surface area contributed by atoms with Gasteiger partial charge in [0.15, 0.2) is 5.82 Å². The Hall–Kier alpha value is -3.58. The van der Waals surface area contributed by atoms with Crippen molar-refractivity contribution in [2.45, 2.75) is 6.42 Å². The molecular formula is C23H23N5O2. The molecule has 2 aromatic carbocycles. The fourth-order valence-electron chi connectivity index (χ4n) is 3.63. The molecule has 0 fully saturated rings. The Morgan fingerprint density at radius 2 is 1.87 bits per heavy atom. The molecule has 0 unspecified atom stereocenters. The summed E-state index contributed by atoms with van der Waals surface area (Å²) in [4.78, 5) is 24.9. The smallest absolute Gasteiger partial charge is 0.270 e. The first-order valence-corrected chi connectivity index (χ1v) is 9.85. The summed E-state index contributed by atoms with van der Waals surface area (Å²) in [6.45, 7) is 1.65. The summed E-state index contributed by atoms with van der Waals surface area (Å²) in [5, 5.41) is 11.5. The average Bonchev–Trinajstić information content (AvgIpc) is 2.89. The number of hydrogen-bond donors (Lipinski definition) is 0. The van der Waals surface area contributed by atoms with Crippen LogP contribution in [0.25, 0.3) is 0 Å². The largest absolute Gasteiger partial charge is 0.324 e. The van der Waals surface area contributed by atoms with Crippen molar-refractivity contribution < 1.29 is 4.92 Å². The zero-order chi connectivity index (χ0) is 21.1. The van der Waals surface area contributed by atoms with Crippen LogP contribution >= 0.6 is 0 Å². The minimum absolute atomic E-state index is 0.0459. The lowest BCUT2D eigenvalue weighted by Crippen LogP contribution is -2.24. The van der Waals surface area contributed by atoms with Gasteiger partial charge >= 0.3 is 0 Å². The Labute approximate surface area is 175 Å². The van der Waals surface area contributed by atoms with E-state index in [4.69, 9.17) is 4.99 Å². The van der Waals surface area contributed by atoms with Gasteiger partial charge in [0.25, 0.3) is 5.69 Å². The number of non-ortho nitro benzene ring substituents is 1. The molecule has 1 aliphatic rings. The van der Waals surface area contributed by atoms with E-state index in [2.05, 4.69) is 14.8 Å². The van der Waals surface area contributed by atoms with Crippen LogP contribution in [0.4, 0.5) is 22.9 Å². The van der Waals surface area contributed by atoms with Crippen LogP contribution in [0.3, 0.4) is 0 Å². The Balaban J connectivity index is 1.92. The van der Waals surface area contributed by atoms with Gasteiger partial charge in [-0.25, -0.2) is 9.98 Å². The number of anilines is 2. The van der Waals surface area contributed by atoms with Crippen LogP contribution in [0.1, 0.15) is 17.5 Å². The lowest BCUT2D eigenvalue weighted by Gasteiger charge is -2.26. The molecule has 0 aliphatic carbocycles. The summed E-state index contributed by atoms with van der Waals surface area (Å²) in [6.07, 6.45) is 2.67. The third kappa shape index (κ3) is 3.92. The number of fused-ring (bicyclic) bond motifs is 2. The SMILES string of the molecule is CN(C)CCCN1c2ccc([N+](=O)[O-])cc2C(c2ccccc2)=Nc2cccnc21. The molecule has 1 aromatic heterocycles. The second-order valence-corrected chi connectivity index (χ2v) is 7.44. The molecule has 0 bridgehead atoms. The first kappa shape index (κ1) is 19.7. The number of benzene rings is 2. The van der Waals surface area contributed by atoms with Gasteiger partial charge in [-0.2, -0.15) is 0 Å². The summed E-state index contributed by atoms with van der Waals surface area (Å²) in [5.41, 5.74) is 4.02. The number of aromatic nitrogens is 1. The maximum Gasteiger partial charge on any atom is 0.270 e. The molecule has 0 amide bonds. The first-order chi connectivity index (χ1) is 14.5. The second-order valence-electron chi connectivity index (χ2n) is 7.44. The molecule has 0 spiro atoms. The van der Waals surface area contributed by atoms with Gasteiger partial charge in [-0.05, 0) is 45.3 Å². The highest BCUT2D eigenvalue weighted by atomic mass is 16.6. The number of nitrogens with zero attached hydrogens (tertiary/aromatic N) is 5. The van der Waals surface area contributed by atoms with E-state index in [9.17, 15) is 10.1 Å². The molecule has 7 nitrogen and oxygen atoms in total. The molecule has 152 valence electrons. The van der Waals surface area contributed by atoms with Crippen LogP contribution in [0.15, 0.2) is 71.9 Å². The van der Waals surface area contributed by atoms with E-state index >= 15 is 0 Å². The van der Waals surface area contributed by atoms with Gasteiger partial charge in [0.2, 0.25) is 0 Å². The number of pyridine rings is 1. The quantitative estimate of drug-likeness (QED) is 0.447. The third-order valence-electron chi connectivity index (χ3n) is 5.03. The Kier molecular flexibility index (Phi) is 5.54. The maximum atomic E-state index is 11.5. The van der Waals surface area contributed by atoms with Gasteiger partial charge in [0.1, 0.15) is 5.69 Å². The van der Waals surface area contributed by atoms with Crippen molar-refractivity contribution in [3.05, 3.63) is 88.1 Å². The zero-order valence-corrected chi connectivity index (χ0v) is 17.0. The van der Waals surface area contributed by atoms with Gasteiger partial charge in [0.05, 0.1) is 16.3 Å². The molecule has 2 heterocycles. The number of rotatable bonds is 6. The van der Waals surface area contributed by atoms with E-state index in [1.54, 1.807) is 18.3 Å². The summed E-state index contributed by atoms with van der Waals surface area (Å²) in [6, 6.07) is 18.5. The van der Waals surface area contributed by atoms with Crippen molar-refractivity contribution in [1.82, 2.24) is 9.88 Å². The van der Waals surface area contributed by atoms with Crippen molar-refractivity contribution in [2.24, 2.45) is 4.99 Å². The van der Waals surface area contributed by atoms with Crippen molar-refractivity contribution in [2.75, 3.05) is 32.1 Å². The highest BCUT2D eigenvalue weighted by Gasteiger charge is 2.26. The van der Waals surface area contributed by atoms with Crippen LogP contribution < -0.4 is 4.90 Å². The number of nitro benzene ring substituents is 1. The van der Waals surface area contributed by atoms with Crippen LogP contribution in [-0.2, 0) is 0 Å². The molecule has 4 rings (SSSR count). The molecule has 0 N–H and O–H groups in total. The Morgan fingerprint density at radius 3 is 2.60 bits per heavy atom. The van der Waals surface area contributed by atoms with Gasteiger partial charge in [0, 0.05) is 36.0 Å². The Bertz CT molecular complexity index is 1100. The molecule has 0 radical (unpaired) electrons. The normalized spacial score (nSPS) is 12.8. The van der Waals surface area contributed by atoms with E-state index in [0.717, 1.165) is 47.8 Å². The van der Waals surface area contributed by atoms with Crippen molar-refractivity contribution >= 4 is 28.6 Å². The molecule has 0 saturated heterocycles. The average molecular weight is 401 g/mol. The van der Waals surface area contributed by atoms with Crippen LogP contribution in [0.5, 0.6) is 0 Å². The summed E-state index contributed by atoms with van der Waals surface area (Å²) in [5.74, 6) is 0.761. The predicted molar refractivity (Wildman–Crippen MR) is 119 cm³/mol. The van der Waals surface area contributed by atoms with E-state index in [0.29, 0.717) is 5.71 Å². The van der Waals surface area contributed by atoms with Crippen LogP contribution in [0, 0.1) is 10.1 Å². The fourth-order valence-corrected chi connectivity index (χ4v) is 3.63. The van der Waals surface area contributed by atoms with E-state index in [1.807, 2.05) is 62.6 Å². The number of nitro groups is 1. The summed E-state index contributed by atoms with van der Waals surface area (Å²) in [7, 11) is 4.09. The third-order valence-corrected chi connectivity index (χ3v) is 5.03. The van der Waals surface area contributed by atoms with Crippen molar-refractivity contribution in [3.63, 3.8) is 0 Å². The summed E-state index contributed by atoms with van der Waals surface area (Å²) >= 11 is 0. The molecule has 0 atom stereocenters. The van der Waals surface area contributed by atoms with E-state index < -0.39 is 0 Å². The molecule has 0 saturated carbocycles. The Morgan fingerprint density at radius 1 is 1.07 bits per heavy atom. The highest BCUT2D eigenvalue weighted by molar-refractivity contribution is 6.18. The van der Waals surface area contributed by atoms with Gasteiger partial charge < -0.3 is 9.80 Å². The lowest BCUT2D eigenvalue weighted by atomic mass is 9.99. The minimum Gasteiger partial charge on any atom is -0.324 e. The summed E-state index contributed by atoms with van der Waals surface area (Å²) < 4.78 is 0. The molecular weight excluding hydrogens is 378 g/mol. The molecule has 1 aliphatic heterocycles. The van der Waals surface area contributed by atoms with Crippen molar-refractivity contribution in [1.29, 1.82) is 0 Å². The minimum atomic E-state index is -0.366. The van der Waals surface area contributed by atoms with Crippen LogP contribution in [0.2, 0.25) is 0 Å². The number of aliphatic imine (C=N–C) groups is 1. The topological polar surface area (TPSA) is 74.9 Å². The highest BCUT2D eigenvalue weighted by Crippen LogP contribution is 2.40. The monoisotopic (exact) mass is 401 g/mol. The lowest BCUT2D eigenvalue weighted by molar-refractivity contribution is -0.384. The van der Waals surface area contributed by atoms with Gasteiger partial charge in [-0.15, -0.1) is 0 Å². The maximum absolute atomic E-state index is 11.5. The van der Waals surface area contributed by atoms with E-state index in [-0.39, 0.29) is 10.6 Å². The number of hydrogen-bond acceptors (Lipinski definition) is 6. The van der Waals surface area contributed by atoms with Crippen LogP contribution in [-0.4, -0.2) is 47.7 Å². The molecule has 30 heavy (non-hydrogen) atoms. The van der Waals surface area contributed by atoms with Gasteiger partial charge in [-0.1, -0.05) is 30.3 Å². The zero-order valence-electron chi connectivity index (χ0n) is 17.0. The molecule has 3 aromatic rings. The second kappa shape index (κ2) is 8.42. The predicted octanol–water partition coefficient (Wildman–Crippen LogP) is 4.56. The van der Waals surface area contributed by atoms with Crippen molar-refractivity contribution in [3.8, 4) is 0 Å². The van der Waals surface area contributed by atoms with Gasteiger partial charge in [-0.3, -0.25) is 10.1 Å². The van der Waals surface area contributed by atoms with E-state index in [1.165, 1.54) is 0 Å².